The SMILES string of the molecule is O=C(O)c1ccc(-c2cccc(Cl)c2Cl)cc1Cl. The summed E-state index contributed by atoms with van der Waals surface area (Å²) in [5.41, 5.74) is 1.49. The first-order valence-corrected chi connectivity index (χ1v) is 6.11. The fourth-order valence-corrected chi connectivity index (χ4v) is 2.25. The van der Waals surface area contributed by atoms with E-state index in [0.29, 0.717) is 15.6 Å². The van der Waals surface area contributed by atoms with Gasteiger partial charge in [0.15, 0.2) is 0 Å². The Bertz CT molecular complexity index is 624. The Kier molecular flexibility index (Phi) is 3.81. The molecule has 1 N–H and O–H groups in total. The van der Waals surface area contributed by atoms with Crippen LogP contribution in [0.1, 0.15) is 10.4 Å². The Labute approximate surface area is 119 Å². The minimum Gasteiger partial charge on any atom is -0.478 e. The Morgan fingerprint density at radius 1 is 1.00 bits per heavy atom. The second kappa shape index (κ2) is 5.19. The van der Waals surface area contributed by atoms with Gasteiger partial charge in [0, 0.05) is 5.56 Å². The van der Waals surface area contributed by atoms with Crippen LogP contribution in [0.25, 0.3) is 11.1 Å². The summed E-state index contributed by atoms with van der Waals surface area (Å²) < 4.78 is 0. The fourth-order valence-electron chi connectivity index (χ4n) is 1.58. The number of hydrogen-bond acceptors (Lipinski definition) is 1. The van der Waals surface area contributed by atoms with E-state index in [1.54, 1.807) is 30.3 Å². The van der Waals surface area contributed by atoms with Crippen molar-refractivity contribution in [2.75, 3.05) is 0 Å². The molecule has 0 aliphatic heterocycles. The van der Waals surface area contributed by atoms with Crippen molar-refractivity contribution in [2.24, 2.45) is 0 Å². The van der Waals surface area contributed by atoms with Gasteiger partial charge in [-0.05, 0) is 23.8 Å². The van der Waals surface area contributed by atoms with Crippen LogP contribution in [-0.2, 0) is 0 Å². The van der Waals surface area contributed by atoms with Crippen LogP contribution in [0.5, 0.6) is 0 Å². The van der Waals surface area contributed by atoms with Crippen molar-refractivity contribution in [3.63, 3.8) is 0 Å². The zero-order valence-corrected chi connectivity index (χ0v) is 11.2. The molecule has 0 aliphatic carbocycles. The van der Waals surface area contributed by atoms with Crippen LogP contribution < -0.4 is 0 Å². The van der Waals surface area contributed by atoms with Crippen LogP contribution in [0.3, 0.4) is 0 Å². The summed E-state index contributed by atoms with van der Waals surface area (Å²) in [6.07, 6.45) is 0. The molecule has 0 amide bonds. The van der Waals surface area contributed by atoms with E-state index in [1.165, 1.54) is 6.07 Å². The van der Waals surface area contributed by atoms with Crippen LogP contribution in [0.4, 0.5) is 0 Å². The smallest absolute Gasteiger partial charge is 0.337 e. The lowest BCUT2D eigenvalue weighted by molar-refractivity contribution is 0.0697. The summed E-state index contributed by atoms with van der Waals surface area (Å²) >= 11 is 17.9. The molecule has 2 aromatic rings. The molecule has 0 unspecified atom stereocenters. The van der Waals surface area contributed by atoms with E-state index in [-0.39, 0.29) is 10.6 Å². The van der Waals surface area contributed by atoms with Crippen LogP contribution in [0.2, 0.25) is 15.1 Å². The van der Waals surface area contributed by atoms with E-state index in [2.05, 4.69) is 0 Å². The highest BCUT2D eigenvalue weighted by molar-refractivity contribution is 6.43. The molecule has 18 heavy (non-hydrogen) atoms. The number of aromatic carboxylic acids is 1. The number of carboxylic acid groups (broad SMARTS) is 1. The average Bonchev–Trinajstić information content (AvgIpc) is 2.32. The highest BCUT2D eigenvalue weighted by atomic mass is 35.5. The fraction of sp³-hybridized carbons (Fsp3) is 0. The van der Waals surface area contributed by atoms with E-state index < -0.39 is 5.97 Å². The van der Waals surface area contributed by atoms with Gasteiger partial charge in [0.2, 0.25) is 0 Å². The maximum absolute atomic E-state index is 10.9. The second-order valence-corrected chi connectivity index (χ2v) is 4.79. The lowest BCUT2D eigenvalue weighted by Crippen LogP contribution is -1.97. The van der Waals surface area contributed by atoms with E-state index in [4.69, 9.17) is 39.9 Å². The Balaban J connectivity index is 2.56. The molecular weight excluding hydrogens is 294 g/mol. The van der Waals surface area contributed by atoms with Crippen molar-refractivity contribution in [3.05, 3.63) is 57.0 Å². The van der Waals surface area contributed by atoms with Crippen LogP contribution in [-0.4, -0.2) is 11.1 Å². The molecule has 2 rings (SSSR count). The van der Waals surface area contributed by atoms with E-state index in [1.807, 2.05) is 0 Å². The van der Waals surface area contributed by atoms with Gasteiger partial charge in [0.05, 0.1) is 20.6 Å². The van der Waals surface area contributed by atoms with Crippen molar-refractivity contribution >= 4 is 40.8 Å². The first-order chi connectivity index (χ1) is 8.50. The molecular formula is C13H7Cl3O2. The van der Waals surface area contributed by atoms with Gasteiger partial charge in [-0.2, -0.15) is 0 Å². The molecule has 0 aliphatic rings. The van der Waals surface area contributed by atoms with Crippen LogP contribution in [0, 0.1) is 0 Å². The molecule has 92 valence electrons. The Morgan fingerprint density at radius 3 is 2.33 bits per heavy atom. The number of hydrogen-bond donors (Lipinski definition) is 1. The summed E-state index contributed by atoms with van der Waals surface area (Å²) in [5.74, 6) is -1.07. The van der Waals surface area contributed by atoms with Crippen molar-refractivity contribution in [2.45, 2.75) is 0 Å². The predicted molar refractivity (Wildman–Crippen MR) is 73.9 cm³/mol. The molecule has 0 atom stereocenters. The summed E-state index contributed by atoms with van der Waals surface area (Å²) in [6, 6.07) is 9.89. The molecule has 0 aromatic heterocycles. The average molecular weight is 302 g/mol. The lowest BCUT2D eigenvalue weighted by Gasteiger charge is -2.07. The summed E-state index contributed by atoms with van der Waals surface area (Å²) in [5, 5.41) is 9.91. The first-order valence-electron chi connectivity index (χ1n) is 4.98. The Morgan fingerprint density at radius 2 is 1.72 bits per heavy atom. The normalized spacial score (nSPS) is 10.4. The molecule has 0 fully saturated rings. The molecule has 0 spiro atoms. The van der Waals surface area contributed by atoms with Gasteiger partial charge >= 0.3 is 5.97 Å². The maximum atomic E-state index is 10.9. The summed E-state index contributed by atoms with van der Waals surface area (Å²) in [4.78, 5) is 10.9. The summed E-state index contributed by atoms with van der Waals surface area (Å²) in [7, 11) is 0. The Hall–Kier alpha value is -1.22. The monoisotopic (exact) mass is 300 g/mol. The maximum Gasteiger partial charge on any atom is 0.337 e. The topological polar surface area (TPSA) is 37.3 Å². The van der Waals surface area contributed by atoms with Crippen molar-refractivity contribution in [1.82, 2.24) is 0 Å². The van der Waals surface area contributed by atoms with Crippen LogP contribution in [0.15, 0.2) is 36.4 Å². The largest absolute Gasteiger partial charge is 0.478 e. The first kappa shape index (κ1) is 13.2. The zero-order chi connectivity index (χ0) is 13.3. The number of rotatable bonds is 2. The third-order valence-corrected chi connectivity index (χ3v) is 3.59. The second-order valence-electron chi connectivity index (χ2n) is 3.60. The molecule has 0 bridgehead atoms. The molecule has 2 nitrogen and oxygen atoms in total. The van der Waals surface area contributed by atoms with E-state index in [0.717, 1.165) is 5.56 Å². The standard InChI is InChI=1S/C13H7Cl3O2/c14-10-3-1-2-8(12(10)16)7-4-5-9(13(17)18)11(15)6-7/h1-6H,(H,17,18). The van der Waals surface area contributed by atoms with Gasteiger partial charge in [-0.25, -0.2) is 4.79 Å². The minimum absolute atomic E-state index is 0.0542. The van der Waals surface area contributed by atoms with E-state index in [9.17, 15) is 4.79 Å². The van der Waals surface area contributed by atoms with Crippen molar-refractivity contribution in [3.8, 4) is 11.1 Å². The zero-order valence-electron chi connectivity index (χ0n) is 8.95. The van der Waals surface area contributed by atoms with Gasteiger partial charge in [0.25, 0.3) is 0 Å². The molecule has 0 saturated carbocycles. The molecule has 0 saturated heterocycles. The van der Waals surface area contributed by atoms with Gasteiger partial charge in [-0.3, -0.25) is 0 Å². The van der Waals surface area contributed by atoms with Gasteiger partial charge in [-0.15, -0.1) is 0 Å². The quantitative estimate of drug-likeness (QED) is 0.846. The highest BCUT2D eigenvalue weighted by Crippen LogP contribution is 2.35. The number of halogens is 3. The molecule has 0 heterocycles. The van der Waals surface area contributed by atoms with Crippen molar-refractivity contribution < 1.29 is 9.90 Å². The molecule has 0 radical (unpaired) electrons. The lowest BCUT2D eigenvalue weighted by atomic mass is 10.0. The van der Waals surface area contributed by atoms with E-state index >= 15 is 0 Å². The number of carboxylic acids is 1. The predicted octanol–water partition coefficient (Wildman–Crippen LogP) is 5.01. The summed E-state index contributed by atoms with van der Waals surface area (Å²) in [6.45, 7) is 0. The molecule has 2 aromatic carbocycles. The minimum atomic E-state index is -1.07. The van der Waals surface area contributed by atoms with Crippen molar-refractivity contribution in [1.29, 1.82) is 0 Å². The van der Waals surface area contributed by atoms with Gasteiger partial charge in [0.1, 0.15) is 0 Å². The number of benzene rings is 2. The van der Waals surface area contributed by atoms with Crippen LogP contribution >= 0.6 is 34.8 Å². The molecule has 5 heteroatoms. The third-order valence-electron chi connectivity index (χ3n) is 2.46. The highest BCUT2D eigenvalue weighted by Gasteiger charge is 2.12. The third kappa shape index (κ3) is 2.46. The number of carbonyl (C=O) groups is 1. The van der Waals surface area contributed by atoms with Gasteiger partial charge in [-0.1, -0.05) is 53.0 Å². The van der Waals surface area contributed by atoms with Gasteiger partial charge < -0.3 is 5.11 Å².